The number of nitrogens with one attached hydrogen (secondary N) is 1. The molecule has 78 valence electrons. The van der Waals surface area contributed by atoms with E-state index in [0.29, 0.717) is 25.1 Å². The molecule has 1 aromatic rings. The van der Waals surface area contributed by atoms with Crippen molar-refractivity contribution in [3.63, 3.8) is 0 Å². The summed E-state index contributed by atoms with van der Waals surface area (Å²) in [4.78, 5) is 23.5. The van der Waals surface area contributed by atoms with Crippen LogP contribution in [-0.2, 0) is 4.79 Å². The molecular weight excluding hydrogens is 190 g/mol. The van der Waals surface area contributed by atoms with E-state index in [1.807, 2.05) is 18.2 Å². The van der Waals surface area contributed by atoms with E-state index < -0.39 is 5.92 Å². The van der Waals surface area contributed by atoms with Gasteiger partial charge < -0.3 is 5.32 Å². The SMILES string of the molecule is O=C1CCNCC1C(=O)c1ccccc1. The molecule has 1 N–H and O–H groups in total. The summed E-state index contributed by atoms with van der Waals surface area (Å²) in [6.07, 6.45) is 0.462. The van der Waals surface area contributed by atoms with Crippen LogP contribution >= 0.6 is 0 Å². The van der Waals surface area contributed by atoms with Crippen molar-refractivity contribution in [2.45, 2.75) is 6.42 Å². The lowest BCUT2D eigenvalue weighted by molar-refractivity contribution is -0.122. The molecule has 15 heavy (non-hydrogen) atoms. The summed E-state index contributed by atoms with van der Waals surface area (Å²) in [5, 5.41) is 3.07. The molecule has 0 aromatic heterocycles. The van der Waals surface area contributed by atoms with Gasteiger partial charge >= 0.3 is 0 Å². The maximum Gasteiger partial charge on any atom is 0.174 e. The number of rotatable bonds is 2. The molecule has 0 spiro atoms. The standard InChI is InChI=1S/C12H13NO2/c14-11-6-7-13-8-10(11)12(15)9-4-2-1-3-5-9/h1-5,10,13H,6-8H2. The molecular formula is C12H13NO2. The van der Waals surface area contributed by atoms with Gasteiger partial charge in [-0.1, -0.05) is 30.3 Å². The number of hydrogen-bond donors (Lipinski definition) is 1. The van der Waals surface area contributed by atoms with Crippen molar-refractivity contribution >= 4 is 11.6 Å². The molecule has 1 aliphatic heterocycles. The third-order valence-electron chi connectivity index (χ3n) is 2.66. The molecule has 1 heterocycles. The molecule has 1 saturated heterocycles. The molecule has 0 saturated carbocycles. The zero-order valence-electron chi connectivity index (χ0n) is 8.40. The van der Waals surface area contributed by atoms with Crippen LogP contribution in [-0.4, -0.2) is 24.7 Å². The normalized spacial score (nSPS) is 21.3. The summed E-state index contributed by atoms with van der Waals surface area (Å²) in [7, 11) is 0. The number of carbonyl (C=O) groups excluding carboxylic acids is 2. The molecule has 0 radical (unpaired) electrons. The number of Topliss-reactive ketones (excluding diaryl/α,β-unsaturated/α-hetero) is 2. The Hall–Kier alpha value is -1.48. The molecule has 2 rings (SSSR count). The molecule has 1 fully saturated rings. The lowest BCUT2D eigenvalue weighted by Gasteiger charge is -2.20. The molecule has 1 unspecified atom stereocenters. The molecule has 0 amide bonds. The van der Waals surface area contributed by atoms with Gasteiger partial charge in [0.1, 0.15) is 5.78 Å². The summed E-state index contributed by atoms with van der Waals surface area (Å²) in [6, 6.07) is 8.99. The van der Waals surface area contributed by atoms with Crippen molar-refractivity contribution < 1.29 is 9.59 Å². The van der Waals surface area contributed by atoms with Crippen LogP contribution in [0.5, 0.6) is 0 Å². The van der Waals surface area contributed by atoms with E-state index in [1.54, 1.807) is 12.1 Å². The third-order valence-corrected chi connectivity index (χ3v) is 2.66. The van der Waals surface area contributed by atoms with Crippen LogP contribution in [0.2, 0.25) is 0 Å². The van der Waals surface area contributed by atoms with Crippen molar-refractivity contribution in [3.8, 4) is 0 Å². The number of benzene rings is 1. The van der Waals surface area contributed by atoms with Gasteiger partial charge in [0.15, 0.2) is 5.78 Å². The molecule has 3 nitrogen and oxygen atoms in total. The smallest absolute Gasteiger partial charge is 0.174 e. The molecule has 0 aliphatic carbocycles. The van der Waals surface area contributed by atoms with E-state index in [9.17, 15) is 9.59 Å². The van der Waals surface area contributed by atoms with Crippen LogP contribution in [0, 0.1) is 5.92 Å². The highest BCUT2D eigenvalue weighted by molar-refractivity contribution is 6.11. The van der Waals surface area contributed by atoms with E-state index in [2.05, 4.69) is 5.32 Å². The van der Waals surface area contributed by atoms with Gasteiger partial charge in [-0.25, -0.2) is 0 Å². The topological polar surface area (TPSA) is 46.2 Å². The predicted molar refractivity (Wildman–Crippen MR) is 56.8 cm³/mol. The molecule has 1 aromatic carbocycles. The summed E-state index contributed by atoms with van der Waals surface area (Å²) in [5.74, 6) is -0.489. The van der Waals surface area contributed by atoms with Gasteiger partial charge in [0.05, 0.1) is 5.92 Å². The number of piperidine rings is 1. The molecule has 0 bridgehead atoms. The van der Waals surface area contributed by atoms with Crippen LogP contribution in [0.25, 0.3) is 0 Å². The van der Waals surface area contributed by atoms with Gasteiger partial charge in [-0.15, -0.1) is 0 Å². The fraction of sp³-hybridized carbons (Fsp3) is 0.333. The van der Waals surface area contributed by atoms with Crippen LogP contribution < -0.4 is 5.32 Å². The van der Waals surface area contributed by atoms with Crippen molar-refractivity contribution in [1.82, 2.24) is 5.32 Å². The van der Waals surface area contributed by atoms with Gasteiger partial charge in [0, 0.05) is 25.1 Å². The Morgan fingerprint density at radius 3 is 2.67 bits per heavy atom. The van der Waals surface area contributed by atoms with Crippen molar-refractivity contribution in [1.29, 1.82) is 0 Å². The zero-order valence-corrected chi connectivity index (χ0v) is 8.40. The minimum atomic E-state index is -0.485. The van der Waals surface area contributed by atoms with Crippen molar-refractivity contribution in [3.05, 3.63) is 35.9 Å². The number of hydrogen-bond acceptors (Lipinski definition) is 3. The summed E-state index contributed by atoms with van der Waals surface area (Å²) in [5.41, 5.74) is 0.625. The first kappa shape index (κ1) is 10.1. The van der Waals surface area contributed by atoms with Gasteiger partial charge in [0.25, 0.3) is 0 Å². The highest BCUT2D eigenvalue weighted by Gasteiger charge is 2.29. The first-order chi connectivity index (χ1) is 7.29. The Kier molecular flexibility index (Phi) is 2.92. The highest BCUT2D eigenvalue weighted by Crippen LogP contribution is 2.13. The quantitative estimate of drug-likeness (QED) is 0.577. The second-order valence-corrected chi connectivity index (χ2v) is 3.70. The Bertz CT molecular complexity index is 372. The van der Waals surface area contributed by atoms with Crippen LogP contribution in [0.15, 0.2) is 30.3 Å². The largest absolute Gasteiger partial charge is 0.315 e. The molecule has 1 aliphatic rings. The van der Waals surface area contributed by atoms with E-state index in [-0.39, 0.29) is 11.6 Å². The second-order valence-electron chi connectivity index (χ2n) is 3.70. The predicted octanol–water partition coefficient (Wildman–Crippen LogP) is 1.05. The lowest BCUT2D eigenvalue weighted by atomic mass is 9.90. The van der Waals surface area contributed by atoms with Crippen molar-refractivity contribution in [2.75, 3.05) is 13.1 Å². The van der Waals surface area contributed by atoms with Gasteiger partial charge in [0.2, 0.25) is 0 Å². The second kappa shape index (κ2) is 4.36. The molecule has 3 heteroatoms. The van der Waals surface area contributed by atoms with Gasteiger partial charge in [-0.05, 0) is 0 Å². The molecule has 1 atom stereocenters. The van der Waals surface area contributed by atoms with Gasteiger partial charge in [-0.3, -0.25) is 9.59 Å². The first-order valence-electron chi connectivity index (χ1n) is 5.12. The minimum Gasteiger partial charge on any atom is -0.315 e. The number of carbonyl (C=O) groups is 2. The Labute approximate surface area is 88.5 Å². The Balaban J connectivity index is 2.17. The summed E-state index contributed by atoms with van der Waals surface area (Å²) >= 11 is 0. The van der Waals surface area contributed by atoms with Gasteiger partial charge in [-0.2, -0.15) is 0 Å². The van der Waals surface area contributed by atoms with E-state index in [0.717, 1.165) is 0 Å². The Morgan fingerprint density at radius 1 is 1.27 bits per heavy atom. The van der Waals surface area contributed by atoms with E-state index in [1.165, 1.54) is 0 Å². The minimum absolute atomic E-state index is 0.0580. The highest BCUT2D eigenvalue weighted by atomic mass is 16.2. The van der Waals surface area contributed by atoms with E-state index >= 15 is 0 Å². The average molecular weight is 203 g/mol. The first-order valence-corrected chi connectivity index (χ1v) is 5.12. The maximum absolute atomic E-state index is 11.9. The maximum atomic E-state index is 11.9. The average Bonchev–Trinajstić information content (AvgIpc) is 2.30. The van der Waals surface area contributed by atoms with Crippen LogP contribution in [0.4, 0.5) is 0 Å². The third kappa shape index (κ3) is 2.13. The zero-order chi connectivity index (χ0) is 10.7. The fourth-order valence-corrected chi connectivity index (χ4v) is 1.79. The fourth-order valence-electron chi connectivity index (χ4n) is 1.79. The van der Waals surface area contributed by atoms with Crippen LogP contribution in [0.3, 0.4) is 0 Å². The summed E-state index contributed by atoms with van der Waals surface area (Å²) in [6.45, 7) is 1.17. The lowest BCUT2D eigenvalue weighted by Crippen LogP contribution is -2.41. The monoisotopic (exact) mass is 203 g/mol. The Morgan fingerprint density at radius 2 is 2.00 bits per heavy atom. The van der Waals surface area contributed by atoms with E-state index in [4.69, 9.17) is 0 Å². The number of ketones is 2. The van der Waals surface area contributed by atoms with Crippen LogP contribution in [0.1, 0.15) is 16.8 Å². The summed E-state index contributed by atoms with van der Waals surface area (Å²) < 4.78 is 0. The van der Waals surface area contributed by atoms with Crippen molar-refractivity contribution in [2.24, 2.45) is 5.92 Å².